The minimum Gasteiger partial charge on any atom is -0.480 e. The lowest BCUT2D eigenvalue weighted by Gasteiger charge is -2.04. The van der Waals surface area contributed by atoms with Crippen LogP contribution >= 0.6 is 0 Å². The second kappa shape index (κ2) is 3.28. The van der Waals surface area contributed by atoms with Gasteiger partial charge in [-0.1, -0.05) is 12.1 Å². The summed E-state index contributed by atoms with van der Waals surface area (Å²) < 4.78 is 0. The third-order valence-electron chi connectivity index (χ3n) is 2.91. The second-order valence-corrected chi connectivity index (χ2v) is 3.95. The fourth-order valence-corrected chi connectivity index (χ4v) is 1.76. The molecule has 0 saturated heterocycles. The molecule has 1 aromatic carbocycles. The zero-order chi connectivity index (χ0) is 11.9. The van der Waals surface area contributed by atoms with Gasteiger partial charge in [0.15, 0.2) is 0 Å². The van der Waals surface area contributed by atoms with E-state index in [1.165, 1.54) is 12.1 Å². The first-order valence-corrected chi connectivity index (χ1v) is 4.72. The van der Waals surface area contributed by atoms with Crippen LogP contribution in [0.25, 0.3) is 0 Å². The molecule has 2 unspecified atom stereocenters. The predicted molar refractivity (Wildman–Crippen MR) is 55.0 cm³/mol. The summed E-state index contributed by atoms with van der Waals surface area (Å²) >= 11 is 0. The summed E-state index contributed by atoms with van der Waals surface area (Å²) in [6.07, 6.45) is 0.375. The highest BCUT2D eigenvalue weighted by Crippen LogP contribution is 2.49. The quantitative estimate of drug-likeness (QED) is 0.582. The van der Waals surface area contributed by atoms with E-state index in [-0.39, 0.29) is 11.6 Å². The van der Waals surface area contributed by atoms with Crippen LogP contribution in [-0.4, -0.2) is 21.5 Å². The largest absolute Gasteiger partial charge is 0.480 e. The number of rotatable bonds is 3. The molecule has 1 aromatic rings. The van der Waals surface area contributed by atoms with Crippen LogP contribution in [0, 0.1) is 10.1 Å². The van der Waals surface area contributed by atoms with Gasteiger partial charge in [-0.05, 0) is 12.0 Å². The lowest BCUT2D eigenvalue weighted by Crippen LogP contribution is -2.34. The highest BCUT2D eigenvalue weighted by atomic mass is 16.6. The molecule has 1 fully saturated rings. The van der Waals surface area contributed by atoms with Gasteiger partial charge >= 0.3 is 5.97 Å². The molecule has 1 aliphatic carbocycles. The third-order valence-corrected chi connectivity index (χ3v) is 2.91. The molecule has 0 aromatic heterocycles. The Morgan fingerprint density at radius 2 is 2.06 bits per heavy atom. The van der Waals surface area contributed by atoms with Crippen LogP contribution in [0.1, 0.15) is 17.9 Å². The number of benzene rings is 1. The molecule has 2 atom stereocenters. The standard InChI is InChI=1S/C10H10N2O4/c11-10(9(13)14)5-8(10)6-1-3-7(4-2-6)12(15)16/h1-4,8H,5,11H2,(H,13,14). The Morgan fingerprint density at radius 3 is 2.44 bits per heavy atom. The predicted octanol–water partition coefficient (Wildman–Crippen LogP) is 0.864. The number of hydrogen-bond donors (Lipinski definition) is 2. The summed E-state index contributed by atoms with van der Waals surface area (Å²) in [6, 6.07) is 5.83. The molecule has 0 spiro atoms. The minimum atomic E-state index is -1.20. The van der Waals surface area contributed by atoms with E-state index in [1.807, 2.05) is 0 Å². The SMILES string of the molecule is NC1(C(=O)O)CC1c1ccc([N+](=O)[O-])cc1. The molecule has 3 N–H and O–H groups in total. The first-order chi connectivity index (χ1) is 7.45. The van der Waals surface area contributed by atoms with Crippen LogP contribution in [-0.2, 0) is 4.79 Å². The first-order valence-electron chi connectivity index (χ1n) is 4.72. The minimum absolute atomic E-state index is 0.0117. The van der Waals surface area contributed by atoms with Crippen molar-refractivity contribution in [3.63, 3.8) is 0 Å². The van der Waals surface area contributed by atoms with E-state index in [0.29, 0.717) is 6.42 Å². The highest BCUT2D eigenvalue weighted by Gasteiger charge is 2.58. The van der Waals surface area contributed by atoms with Crippen molar-refractivity contribution < 1.29 is 14.8 Å². The molecule has 16 heavy (non-hydrogen) atoms. The van der Waals surface area contributed by atoms with Gasteiger partial charge in [-0.2, -0.15) is 0 Å². The van der Waals surface area contributed by atoms with E-state index in [4.69, 9.17) is 10.8 Å². The molecular formula is C10H10N2O4. The molecule has 2 rings (SSSR count). The van der Waals surface area contributed by atoms with Crippen molar-refractivity contribution >= 4 is 11.7 Å². The summed E-state index contributed by atoms with van der Waals surface area (Å²) in [5, 5.41) is 19.3. The van der Waals surface area contributed by atoms with Gasteiger partial charge in [-0.25, -0.2) is 0 Å². The summed E-state index contributed by atoms with van der Waals surface area (Å²) in [7, 11) is 0. The first kappa shape index (κ1) is 10.6. The van der Waals surface area contributed by atoms with Gasteiger partial charge in [0, 0.05) is 18.1 Å². The fourth-order valence-electron chi connectivity index (χ4n) is 1.76. The van der Waals surface area contributed by atoms with E-state index < -0.39 is 16.4 Å². The average molecular weight is 222 g/mol. The molecule has 0 bridgehead atoms. The molecular weight excluding hydrogens is 212 g/mol. The summed E-state index contributed by atoms with van der Waals surface area (Å²) in [5.41, 5.74) is 5.15. The van der Waals surface area contributed by atoms with Gasteiger partial charge in [-0.15, -0.1) is 0 Å². The van der Waals surface area contributed by atoms with Crippen LogP contribution in [0.3, 0.4) is 0 Å². The number of nitrogens with zero attached hydrogens (tertiary/aromatic N) is 1. The maximum Gasteiger partial charge on any atom is 0.324 e. The van der Waals surface area contributed by atoms with Gasteiger partial charge in [0.2, 0.25) is 0 Å². The number of non-ortho nitro benzene ring substituents is 1. The molecule has 0 aliphatic heterocycles. The fraction of sp³-hybridized carbons (Fsp3) is 0.300. The lowest BCUT2D eigenvalue weighted by atomic mass is 10.1. The van der Waals surface area contributed by atoms with Gasteiger partial charge in [0.05, 0.1) is 4.92 Å². The monoisotopic (exact) mass is 222 g/mol. The normalized spacial score (nSPS) is 27.4. The maximum absolute atomic E-state index is 10.8. The van der Waals surface area contributed by atoms with Gasteiger partial charge < -0.3 is 10.8 Å². The topological polar surface area (TPSA) is 106 Å². The van der Waals surface area contributed by atoms with E-state index in [2.05, 4.69) is 0 Å². The Morgan fingerprint density at radius 1 is 1.50 bits per heavy atom. The van der Waals surface area contributed by atoms with Crippen LogP contribution in [0.2, 0.25) is 0 Å². The molecule has 6 nitrogen and oxygen atoms in total. The Labute approximate surface area is 90.8 Å². The van der Waals surface area contributed by atoms with E-state index >= 15 is 0 Å². The second-order valence-electron chi connectivity index (χ2n) is 3.95. The maximum atomic E-state index is 10.8. The van der Waals surface area contributed by atoms with Crippen LogP contribution in [0.4, 0.5) is 5.69 Å². The van der Waals surface area contributed by atoms with E-state index in [9.17, 15) is 14.9 Å². The van der Waals surface area contributed by atoms with Gasteiger partial charge in [-0.3, -0.25) is 14.9 Å². The van der Waals surface area contributed by atoms with Crippen LogP contribution in [0.5, 0.6) is 0 Å². The summed E-state index contributed by atoms with van der Waals surface area (Å²) in [5.74, 6) is -1.28. The van der Waals surface area contributed by atoms with E-state index in [1.54, 1.807) is 12.1 Å². The van der Waals surface area contributed by atoms with Crippen molar-refractivity contribution in [2.75, 3.05) is 0 Å². The number of carbonyl (C=O) groups is 1. The number of nitro groups is 1. The molecule has 0 amide bonds. The third kappa shape index (κ3) is 1.53. The van der Waals surface area contributed by atoms with Crippen molar-refractivity contribution in [1.29, 1.82) is 0 Å². The number of carboxylic acids is 1. The number of hydrogen-bond acceptors (Lipinski definition) is 4. The lowest BCUT2D eigenvalue weighted by molar-refractivity contribution is -0.384. The number of nitrogens with two attached hydrogens (primary N) is 1. The smallest absolute Gasteiger partial charge is 0.324 e. The summed E-state index contributed by atoms with van der Waals surface area (Å²) in [6.45, 7) is 0. The number of aliphatic carboxylic acids is 1. The zero-order valence-electron chi connectivity index (χ0n) is 8.29. The summed E-state index contributed by atoms with van der Waals surface area (Å²) in [4.78, 5) is 20.7. The van der Waals surface area contributed by atoms with Crippen molar-refractivity contribution in [1.82, 2.24) is 0 Å². The van der Waals surface area contributed by atoms with Crippen LogP contribution < -0.4 is 5.73 Å². The average Bonchev–Trinajstić information content (AvgIpc) is 2.93. The van der Waals surface area contributed by atoms with Crippen molar-refractivity contribution in [2.45, 2.75) is 17.9 Å². The van der Waals surface area contributed by atoms with Gasteiger partial charge in [0.25, 0.3) is 5.69 Å². The van der Waals surface area contributed by atoms with Crippen molar-refractivity contribution in [3.8, 4) is 0 Å². The number of carboxylic acid groups (broad SMARTS) is 1. The van der Waals surface area contributed by atoms with Gasteiger partial charge in [0.1, 0.15) is 5.54 Å². The number of nitro benzene ring substituents is 1. The molecule has 0 heterocycles. The van der Waals surface area contributed by atoms with Crippen LogP contribution in [0.15, 0.2) is 24.3 Å². The van der Waals surface area contributed by atoms with E-state index in [0.717, 1.165) is 5.56 Å². The molecule has 6 heteroatoms. The Balaban J connectivity index is 2.19. The molecule has 1 saturated carbocycles. The molecule has 84 valence electrons. The molecule has 1 aliphatic rings. The van der Waals surface area contributed by atoms with Crippen molar-refractivity contribution in [3.05, 3.63) is 39.9 Å². The Hall–Kier alpha value is -1.95. The highest BCUT2D eigenvalue weighted by molar-refractivity contribution is 5.84. The Bertz CT molecular complexity index is 456. The zero-order valence-corrected chi connectivity index (χ0v) is 8.29. The molecule has 0 radical (unpaired) electrons. The van der Waals surface area contributed by atoms with Crippen molar-refractivity contribution in [2.24, 2.45) is 5.73 Å². The Kier molecular flexibility index (Phi) is 2.16.